The van der Waals surface area contributed by atoms with Gasteiger partial charge in [-0.1, -0.05) is 66.4 Å². The average molecular weight is 409 g/mol. The lowest BCUT2D eigenvalue weighted by molar-refractivity contribution is 0.617. The normalized spacial score (nSPS) is 11.0. The molecule has 0 aliphatic carbocycles. The molecule has 2 heterocycles. The second-order valence-corrected chi connectivity index (χ2v) is 7.98. The molecule has 4 rings (SSSR count). The lowest BCUT2D eigenvalue weighted by Gasteiger charge is -2.11. The van der Waals surface area contributed by atoms with Crippen molar-refractivity contribution in [3.63, 3.8) is 0 Å². The van der Waals surface area contributed by atoms with Gasteiger partial charge in [0.05, 0.1) is 5.39 Å². The van der Waals surface area contributed by atoms with Crippen molar-refractivity contribution in [2.24, 2.45) is 0 Å². The molecule has 140 valence electrons. The maximum atomic E-state index is 13.9. The van der Waals surface area contributed by atoms with E-state index in [0.29, 0.717) is 33.2 Å². The van der Waals surface area contributed by atoms with E-state index in [2.05, 4.69) is 6.58 Å². The molecule has 0 N–H and O–H groups in total. The molecule has 0 saturated heterocycles. The molecule has 0 aliphatic rings. The fraction of sp³-hybridized carbons (Fsp3) is 0.0909. The third kappa shape index (κ3) is 3.53. The number of fused-ring (bicyclic) bond motifs is 1. The van der Waals surface area contributed by atoms with Crippen LogP contribution < -0.4 is 5.56 Å². The van der Waals surface area contributed by atoms with Gasteiger partial charge in [-0.3, -0.25) is 9.36 Å². The summed E-state index contributed by atoms with van der Waals surface area (Å²) in [7, 11) is 0. The number of benzene rings is 2. The van der Waals surface area contributed by atoms with Gasteiger partial charge in [-0.15, -0.1) is 17.9 Å². The van der Waals surface area contributed by atoms with E-state index >= 15 is 0 Å². The summed E-state index contributed by atoms with van der Waals surface area (Å²) in [6.45, 7) is 4.12. The molecule has 0 spiro atoms. The Kier molecular flexibility index (Phi) is 5.41. The second-order valence-electron chi connectivity index (χ2n) is 6.17. The maximum absolute atomic E-state index is 13.9. The van der Waals surface area contributed by atoms with Gasteiger partial charge in [-0.2, -0.15) is 0 Å². The van der Waals surface area contributed by atoms with Crippen LogP contribution in [0.4, 0.5) is 4.39 Å². The zero-order valence-corrected chi connectivity index (χ0v) is 16.6. The van der Waals surface area contributed by atoms with Crippen molar-refractivity contribution in [3.8, 4) is 11.1 Å². The van der Waals surface area contributed by atoms with Gasteiger partial charge in [0.25, 0.3) is 5.56 Å². The number of halogens is 1. The average Bonchev–Trinajstić information content (AvgIpc) is 3.15. The van der Waals surface area contributed by atoms with E-state index in [0.717, 1.165) is 11.1 Å². The topological polar surface area (TPSA) is 34.9 Å². The number of aromatic nitrogens is 2. The molecule has 0 saturated carbocycles. The molecule has 0 bridgehead atoms. The molecule has 2 aromatic carbocycles. The third-order valence-electron chi connectivity index (χ3n) is 4.37. The number of thiophene rings is 1. The summed E-state index contributed by atoms with van der Waals surface area (Å²) in [5.74, 6) is 0.148. The van der Waals surface area contributed by atoms with E-state index in [1.807, 2.05) is 35.7 Å². The van der Waals surface area contributed by atoms with Crippen molar-refractivity contribution >= 4 is 33.3 Å². The highest BCUT2D eigenvalue weighted by atomic mass is 32.2. The van der Waals surface area contributed by atoms with Crippen molar-refractivity contribution in [1.82, 2.24) is 9.55 Å². The van der Waals surface area contributed by atoms with Crippen LogP contribution in [0.5, 0.6) is 0 Å². The number of hydrogen-bond donors (Lipinski definition) is 0. The Hall–Kier alpha value is -2.70. The van der Waals surface area contributed by atoms with Gasteiger partial charge in [-0.25, -0.2) is 9.37 Å². The van der Waals surface area contributed by atoms with Crippen LogP contribution in [0, 0.1) is 5.82 Å². The molecule has 0 aliphatic heterocycles. The van der Waals surface area contributed by atoms with E-state index < -0.39 is 0 Å². The lowest BCUT2D eigenvalue weighted by Crippen LogP contribution is -2.22. The molecule has 6 heteroatoms. The summed E-state index contributed by atoms with van der Waals surface area (Å²) in [6.07, 6.45) is 1.68. The predicted octanol–water partition coefficient (Wildman–Crippen LogP) is 5.74. The van der Waals surface area contributed by atoms with E-state index in [1.54, 1.807) is 28.8 Å². The smallest absolute Gasteiger partial charge is 0.263 e. The first kappa shape index (κ1) is 18.7. The number of rotatable bonds is 6. The molecule has 4 aromatic rings. The van der Waals surface area contributed by atoms with E-state index in [4.69, 9.17) is 4.98 Å². The minimum Gasteiger partial charge on any atom is -0.283 e. The molecule has 0 amide bonds. The number of nitrogens with zero attached hydrogens (tertiary/aromatic N) is 2. The Morgan fingerprint density at radius 1 is 1.14 bits per heavy atom. The largest absolute Gasteiger partial charge is 0.283 e. The van der Waals surface area contributed by atoms with Gasteiger partial charge in [0, 0.05) is 23.2 Å². The molecule has 0 atom stereocenters. The van der Waals surface area contributed by atoms with Crippen molar-refractivity contribution < 1.29 is 4.39 Å². The van der Waals surface area contributed by atoms with Crippen LogP contribution in [-0.4, -0.2) is 9.55 Å². The third-order valence-corrected chi connectivity index (χ3v) is 6.27. The summed E-state index contributed by atoms with van der Waals surface area (Å²) in [5.41, 5.74) is 2.37. The van der Waals surface area contributed by atoms with Crippen molar-refractivity contribution in [2.45, 2.75) is 17.5 Å². The molecule has 0 fully saturated rings. The lowest BCUT2D eigenvalue weighted by atomic mass is 10.1. The number of allylic oxidation sites excluding steroid dienone is 1. The molecule has 28 heavy (non-hydrogen) atoms. The summed E-state index contributed by atoms with van der Waals surface area (Å²) in [6, 6.07) is 16.5. The first-order chi connectivity index (χ1) is 13.7. The second kappa shape index (κ2) is 8.12. The Bertz CT molecular complexity index is 1200. The van der Waals surface area contributed by atoms with E-state index in [9.17, 15) is 9.18 Å². The predicted molar refractivity (Wildman–Crippen MR) is 115 cm³/mol. The zero-order valence-electron chi connectivity index (χ0n) is 15.0. The van der Waals surface area contributed by atoms with Crippen molar-refractivity contribution in [3.05, 3.63) is 94.4 Å². The Morgan fingerprint density at radius 2 is 1.89 bits per heavy atom. The van der Waals surface area contributed by atoms with Gasteiger partial charge in [0.1, 0.15) is 10.6 Å². The van der Waals surface area contributed by atoms with Gasteiger partial charge in [0.15, 0.2) is 5.16 Å². The highest BCUT2D eigenvalue weighted by Crippen LogP contribution is 2.32. The van der Waals surface area contributed by atoms with E-state index in [1.165, 1.54) is 29.2 Å². The van der Waals surface area contributed by atoms with Crippen LogP contribution in [0.2, 0.25) is 0 Å². The van der Waals surface area contributed by atoms with Crippen LogP contribution in [0.25, 0.3) is 21.3 Å². The molecular weight excluding hydrogens is 391 g/mol. The van der Waals surface area contributed by atoms with Crippen LogP contribution in [0.15, 0.2) is 82.6 Å². The quantitative estimate of drug-likeness (QED) is 0.232. The maximum Gasteiger partial charge on any atom is 0.263 e. The summed E-state index contributed by atoms with van der Waals surface area (Å²) in [4.78, 5) is 18.7. The van der Waals surface area contributed by atoms with Crippen LogP contribution in [-0.2, 0) is 12.3 Å². The van der Waals surface area contributed by atoms with Gasteiger partial charge < -0.3 is 0 Å². The van der Waals surface area contributed by atoms with Gasteiger partial charge >= 0.3 is 0 Å². The molecule has 2 aromatic heterocycles. The monoisotopic (exact) mass is 408 g/mol. The zero-order chi connectivity index (χ0) is 19.5. The van der Waals surface area contributed by atoms with Gasteiger partial charge in [0.2, 0.25) is 0 Å². The van der Waals surface area contributed by atoms with E-state index in [-0.39, 0.29) is 11.4 Å². The minimum atomic E-state index is -0.254. The first-order valence-corrected chi connectivity index (χ1v) is 10.6. The SMILES string of the molecule is C=CCn1c(SCc2ccccc2F)nc2scc(-c3ccccc3)c2c1=O. The number of thioether (sulfide) groups is 1. The Labute approximate surface area is 170 Å². The standard InChI is InChI=1S/C22H17FN2OS2/c1-2-12-25-21(26)19-17(15-8-4-3-5-9-15)14-27-20(19)24-22(25)28-13-16-10-6-7-11-18(16)23/h2-11,14H,1,12-13H2. The van der Waals surface area contributed by atoms with Crippen molar-refractivity contribution in [2.75, 3.05) is 0 Å². The Morgan fingerprint density at radius 3 is 2.64 bits per heavy atom. The van der Waals surface area contributed by atoms with Crippen LogP contribution in [0.3, 0.4) is 0 Å². The van der Waals surface area contributed by atoms with Crippen LogP contribution in [0.1, 0.15) is 5.56 Å². The fourth-order valence-corrected chi connectivity index (χ4v) is 4.98. The molecule has 0 unspecified atom stereocenters. The summed E-state index contributed by atoms with van der Waals surface area (Å²) < 4.78 is 15.6. The molecular formula is C22H17FN2OS2. The minimum absolute atomic E-state index is 0.0963. The number of hydrogen-bond acceptors (Lipinski definition) is 4. The first-order valence-electron chi connectivity index (χ1n) is 8.73. The Balaban J connectivity index is 1.79. The van der Waals surface area contributed by atoms with Crippen molar-refractivity contribution in [1.29, 1.82) is 0 Å². The highest BCUT2D eigenvalue weighted by molar-refractivity contribution is 7.98. The van der Waals surface area contributed by atoms with Gasteiger partial charge in [-0.05, 0) is 17.2 Å². The fourth-order valence-electron chi connectivity index (χ4n) is 2.99. The summed E-state index contributed by atoms with van der Waals surface area (Å²) in [5, 5.41) is 3.16. The van der Waals surface area contributed by atoms with Crippen LogP contribution >= 0.6 is 23.1 Å². The molecule has 3 nitrogen and oxygen atoms in total. The molecule has 0 radical (unpaired) electrons. The summed E-state index contributed by atoms with van der Waals surface area (Å²) >= 11 is 2.81. The highest BCUT2D eigenvalue weighted by Gasteiger charge is 2.17.